The highest BCUT2D eigenvalue weighted by atomic mass is 79.9. The van der Waals surface area contributed by atoms with Gasteiger partial charge in [0, 0.05) is 0 Å². The Kier molecular flexibility index (Phi) is 5.45. The Morgan fingerprint density at radius 1 is 1.64 bits per heavy atom. The fourth-order valence-electron chi connectivity index (χ4n) is 3.27. The number of nitrogens with zero attached hydrogens (tertiary/aromatic N) is 1. The summed E-state index contributed by atoms with van der Waals surface area (Å²) in [6.07, 6.45) is 4.26. The number of allylic oxidation sites excluding steroid dienone is 1. The minimum absolute atomic E-state index is 0.00400. The first-order valence-corrected chi connectivity index (χ1v) is 9.05. The molecule has 1 aliphatic carbocycles. The fraction of sp³-hybridized carbons (Fsp3) is 0.625. The first kappa shape index (κ1) is 17.6. The molecule has 1 aliphatic rings. The molecule has 4 nitrogen and oxygen atoms in total. The molecule has 0 spiro atoms. The third-order valence-electron chi connectivity index (χ3n) is 4.11. The standard InChI is InChI=1S/C16H22BrNO3S/c1-5-11-7-16(20,15-18-8-12(17)22-15)6-10(4)13(11)14(19)21-9(2)3/h5,8-11,13,20H,1,6-7H2,2-4H3/t10-,11+,13+,16?/m1/s1. The zero-order chi connectivity index (χ0) is 16.5. The van der Waals surface area contributed by atoms with E-state index < -0.39 is 5.60 Å². The molecule has 1 aromatic rings. The van der Waals surface area contributed by atoms with E-state index in [1.165, 1.54) is 11.3 Å². The molecule has 4 atom stereocenters. The van der Waals surface area contributed by atoms with Crippen molar-refractivity contribution in [1.29, 1.82) is 0 Å². The summed E-state index contributed by atoms with van der Waals surface area (Å²) in [5.41, 5.74) is -1.01. The smallest absolute Gasteiger partial charge is 0.310 e. The maximum Gasteiger partial charge on any atom is 0.310 e. The Morgan fingerprint density at radius 2 is 2.32 bits per heavy atom. The summed E-state index contributed by atoms with van der Waals surface area (Å²) in [5.74, 6) is -0.586. The van der Waals surface area contributed by atoms with Crippen LogP contribution in [0.3, 0.4) is 0 Å². The van der Waals surface area contributed by atoms with E-state index in [0.29, 0.717) is 17.8 Å². The van der Waals surface area contributed by atoms with Crippen LogP contribution in [0.1, 0.15) is 38.6 Å². The van der Waals surface area contributed by atoms with Gasteiger partial charge in [-0.1, -0.05) is 13.0 Å². The minimum Gasteiger partial charge on any atom is -0.463 e. The number of hydrogen-bond acceptors (Lipinski definition) is 5. The molecule has 1 N–H and O–H groups in total. The van der Waals surface area contributed by atoms with Crippen molar-refractivity contribution >= 4 is 33.2 Å². The van der Waals surface area contributed by atoms with Gasteiger partial charge in [-0.25, -0.2) is 4.98 Å². The number of carbonyl (C=O) groups excluding carboxylic acids is 1. The number of halogens is 1. The SMILES string of the molecule is C=C[C@H]1CC(O)(c2ncc(Br)s2)C[C@@H](C)[C@@H]1C(=O)OC(C)C. The molecule has 122 valence electrons. The summed E-state index contributed by atoms with van der Waals surface area (Å²) >= 11 is 4.82. The number of aliphatic hydroxyl groups is 1. The third-order valence-corrected chi connectivity index (χ3v) is 5.78. The molecule has 0 amide bonds. The average Bonchev–Trinajstić information content (AvgIpc) is 2.84. The number of esters is 1. The van der Waals surface area contributed by atoms with Crippen molar-refractivity contribution < 1.29 is 14.6 Å². The van der Waals surface area contributed by atoms with Crippen molar-refractivity contribution in [1.82, 2.24) is 4.98 Å². The summed E-state index contributed by atoms with van der Waals surface area (Å²) in [6, 6.07) is 0. The van der Waals surface area contributed by atoms with Gasteiger partial charge in [0.25, 0.3) is 0 Å². The first-order valence-electron chi connectivity index (χ1n) is 7.44. The number of ether oxygens (including phenoxy) is 1. The second-order valence-electron chi connectivity index (χ2n) is 6.30. The van der Waals surface area contributed by atoms with Crippen LogP contribution in [0, 0.1) is 17.8 Å². The number of rotatable bonds is 4. The van der Waals surface area contributed by atoms with Crippen LogP contribution in [0.15, 0.2) is 22.6 Å². The van der Waals surface area contributed by atoms with Gasteiger partial charge >= 0.3 is 5.97 Å². The van der Waals surface area contributed by atoms with Crippen LogP contribution in [0.5, 0.6) is 0 Å². The molecule has 6 heteroatoms. The molecule has 2 rings (SSSR count). The maximum atomic E-state index is 12.4. The van der Waals surface area contributed by atoms with Crippen molar-refractivity contribution in [2.45, 2.75) is 45.3 Å². The summed E-state index contributed by atoms with van der Waals surface area (Å²) in [4.78, 5) is 16.7. The van der Waals surface area contributed by atoms with Crippen molar-refractivity contribution in [3.05, 3.63) is 27.6 Å². The Hall–Kier alpha value is -0.720. The molecule has 1 saturated carbocycles. The van der Waals surface area contributed by atoms with Crippen LogP contribution in [0.25, 0.3) is 0 Å². The fourth-order valence-corrected chi connectivity index (χ4v) is 4.59. The Labute approximate surface area is 143 Å². The average molecular weight is 388 g/mol. The van der Waals surface area contributed by atoms with Gasteiger partial charge in [0.15, 0.2) is 0 Å². The molecule has 1 heterocycles. The van der Waals surface area contributed by atoms with Gasteiger partial charge in [-0.15, -0.1) is 17.9 Å². The maximum absolute atomic E-state index is 12.4. The lowest BCUT2D eigenvalue weighted by Crippen LogP contribution is -2.44. The van der Waals surface area contributed by atoms with Gasteiger partial charge in [0.1, 0.15) is 10.6 Å². The van der Waals surface area contributed by atoms with Crippen molar-refractivity contribution in [2.75, 3.05) is 0 Å². The molecule has 0 saturated heterocycles. The lowest BCUT2D eigenvalue weighted by atomic mass is 9.66. The van der Waals surface area contributed by atoms with Crippen molar-refractivity contribution in [3.63, 3.8) is 0 Å². The molecule has 22 heavy (non-hydrogen) atoms. The highest BCUT2D eigenvalue weighted by Gasteiger charge is 2.48. The largest absolute Gasteiger partial charge is 0.463 e. The highest BCUT2D eigenvalue weighted by Crippen LogP contribution is 2.47. The molecular formula is C16H22BrNO3S. The molecule has 0 aliphatic heterocycles. The molecule has 0 aromatic carbocycles. The van der Waals surface area contributed by atoms with Gasteiger partial charge in [0.2, 0.25) is 0 Å². The predicted octanol–water partition coefficient (Wildman–Crippen LogP) is 3.89. The second-order valence-corrected chi connectivity index (χ2v) is 8.71. The van der Waals surface area contributed by atoms with Gasteiger partial charge in [0.05, 0.1) is 22.0 Å². The van der Waals surface area contributed by atoms with Crippen LogP contribution in [0.2, 0.25) is 0 Å². The summed E-state index contributed by atoms with van der Waals surface area (Å²) in [7, 11) is 0. The van der Waals surface area contributed by atoms with Crippen LogP contribution in [-0.2, 0) is 15.1 Å². The monoisotopic (exact) mass is 387 g/mol. The third kappa shape index (κ3) is 3.60. The van der Waals surface area contributed by atoms with Gasteiger partial charge in [-0.2, -0.15) is 0 Å². The van der Waals surface area contributed by atoms with E-state index >= 15 is 0 Å². The zero-order valence-corrected chi connectivity index (χ0v) is 15.5. The van der Waals surface area contributed by atoms with Gasteiger partial charge in [-0.3, -0.25) is 4.79 Å². The van der Waals surface area contributed by atoms with E-state index in [2.05, 4.69) is 27.5 Å². The Bertz CT molecular complexity index is 559. The Morgan fingerprint density at radius 3 is 2.82 bits per heavy atom. The Balaban J connectivity index is 2.24. The lowest BCUT2D eigenvalue weighted by molar-refractivity contribution is -0.161. The van der Waals surface area contributed by atoms with E-state index in [1.807, 2.05) is 20.8 Å². The molecular weight excluding hydrogens is 366 g/mol. The minimum atomic E-state index is -1.01. The van der Waals surface area contributed by atoms with E-state index in [-0.39, 0.29) is 29.8 Å². The summed E-state index contributed by atoms with van der Waals surface area (Å²) < 4.78 is 6.27. The number of carbonyl (C=O) groups is 1. The molecule has 0 radical (unpaired) electrons. The normalized spacial score (nSPS) is 32.0. The van der Waals surface area contributed by atoms with Crippen LogP contribution in [0.4, 0.5) is 0 Å². The lowest BCUT2D eigenvalue weighted by Gasteiger charge is -2.42. The van der Waals surface area contributed by atoms with E-state index in [9.17, 15) is 9.90 Å². The predicted molar refractivity (Wildman–Crippen MR) is 90.5 cm³/mol. The number of aromatic nitrogens is 1. The second kappa shape index (κ2) is 6.81. The first-order chi connectivity index (χ1) is 10.3. The molecule has 0 bridgehead atoms. The topological polar surface area (TPSA) is 59.4 Å². The number of hydrogen-bond donors (Lipinski definition) is 1. The van der Waals surface area contributed by atoms with Crippen molar-refractivity contribution in [3.8, 4) is 0 Å². The molecule has 1 unspecified atom stereocenters. The highest BCUT2D eigenvalue weighted by molar-refractivity contribution is 9.11. The number of thiazole rings is 1. The van der Waals surface area contributed by atoms with Gasteiger partial charge < -0.3 is 9.84 Å². The van der Waals surface area contributed by atoms with Gasteiger partial charge in [-0.05, 0) is 54.5 Å². The van der Waals surface area contributed by atoms with E-state index in [0.717, 1.165) is 3.79 Å². The van der Waals surface area contributed by atoms with Crippen LogP contribution < -0.4 is 0 Å². The zero-order valence-electron chi connectivity index (χ0n) is 13.1. The van der Waals surface area contributed by atoms with E-state index in [4.69, 9.17) is 4.74 Å². The molecule has 1 aromatic heterocycles. The van der Waals surface area contributed by atoms with Crippen LogP contribution >= 0.6 is 27.3 Å². The summed E-state index contributed by atoms with van der Waals surface area (Å²) in [6.45, 7) is 9.52. The summed E-state index contributed by atoms with van der Waals surface area (Å²) in [5, 5.41) is 11.7. The van der Waals surface area contributed by atoms with Crippen molar-refractivity contribution in [2.24, 2.45) is 17.8 Å². The quantitative estimate of drug-likeness (QED) is 0.628. The molecule has 1 fully saturated rings. The van der Waals surface area contributed by atoms with E-state index in [1.54, 1.807) is 12.3 Å². The van der Waals surface area contributed by atoms with Crippen LogP contribution in [-0.4, -0.2) is 22.2 Å².